The Morgan fingerprint density at radius 2 is 0.923 bits per heavy atom. The molecule has 80 valence electrons. The monoisotopic (exact) mass is 240 g/mol. The Morgan fingerprint density at radius 3 is 1.08 bits per heavy atom. The molecule has 0 fully saturated rings. The van der Waals surface area contributed by atoms with Crippen LogP contribution >= 0.6 is 0 Å². The van der Waals surface area contributed by atoms with E-state index in [1.807, 2.05) is 13.1 Å². The zero-order valence-electron chi connectivity index (χ0n) is 9.21. The van der Waals surface area contributed by atoms with Gasteiger partial charge in [-0.25, -0.2) is 0 Å². The van der Waals surface area contributed by atoms with Gasteiger partial charge in [0.05, 0.1) is 0 Å². The van der Waals surface area contributed by atoms with Gasteiger partial charge in [0.25, 0.3) is 0 Å². The van der Waals surface area contributed by atoms with Crippen molar-refractivity contribution in [1.82, 2.24) is 0 Å². The molecule has 0 saturated heterocycles. The fourth-order valence-electron chi connectivity index (χ4n) is 1.22. The van der Waals surface area contributed by atoms with Crippen LogP contribution < -0.4 is 0 Å². The summed E-state index contributed by atoms with van der Waals surface area (Å²) in [5.74, 6) is 0. The summed E-state index contributed by atoms with van der Waals surface area (Å²) in [6.07, 6.45) is 0. The molecule has 0 aliphatic rings. The van der Waals surface area contributed by atoms with Crippen molar-refractivity contribution in [2.24, 2.45) is 0 Å². The smallest absolute Gasteiger partial charge is 0.320 e. The Labute approximate surface area is 83.3 Å². The van der Waals surface area contributed by atoms with Gasteiger partial charge in [-0.15, -0.1) is 0 Å². The second kappa shape index (κ2) is 3.93. The molecule has 0 heterocycles. The van der Waals surface area contributed by atoms with E-state index in [1.165, 1.54) is 0 Å². The first-order chi connectivity index (χ1) is 5.41. The highest BCUT2D eigenvalue weighted by Crippen LogP contribution is 2.17. The van der Waals surface area contributed by atoms with E-state index in [1.54, 1.807) is 26.2 Å². The molecule has 7 heteroatoms. The molecule has 0 rings (SSSR count). The van der Waals surface area contributed by atoms with E-state index in [9.17, 15) is 9.59 Å². The minimum Gasteiger partial charge on any atom is -0.416 e. The Balaban J connectivity index is 4.25. The maximum Gasteiger partial charge on any atom is 0.320 e. The highest BCUT2D eigenvalue weighted by atomic mass is 28.5. The standard InChI is InChI=1S/C6H20O4Si3/c1-11(2,7)9-13(5,6)10-12(3,4)8/h7-8H,1-6H3. The van der Waals surface area contributed by atoms with Crippen LogP contribution in [0, 0.1) is 0 Å². The van der Waals surface area contributed by atoms with Gasteiger partial charge in [-0.1, -0.05) is 0 Å². The molecule has 2 N–H and O–H groups in total. The van der Waals surface area contributed by atoms with Crippen molar-refractivity contribution in [3.05, 3.63) is 0 Å². The van der Waals surface area contributed by atoms with E-state index in [4.69, 9.17) is 8.23 Å². The second-order valence-electron chi connectivity index (χ2n) is 4.50. The normalized spacial score (nSPS) is 14.8. The van der Waals surface area contributed by atoms with Crippen LogP contribution in [0.1, 0.15) is 0 Å². The van der Waals surface area contributed by atoms with E-state index in [-0.39, 0.29) is 0 Å². The summed E-state index contributed by atoms with van der Waals surface area (Å²) in [6, 6.07) is 0. The zero-order valence-corrected chi connectivity index (χ0v) is 12.2. The fraction of sp³-hybridized carbons (Fsp3) is 1.00. The fourth-order valence-corrected chi connectivity index (χ4v) is 11.4. The third kappa shape index (κ3) is 8.81. The molecule has 13 heavy (non-hydrogen) atoms. The molecule has 0 amide bonds. The van der Waals surface area contributed by atoms with Crippen LogP contribution in [-0.4, -0.2) is 35.3 Å². The average molecular weight is 240 g/mol. The number of hydrogen-bond donors (Lipinski definition) is 2. The molecule has 0 saturated carbocycles. The lowest BCUT2D eigenvalue weighted by Crippen LogP contribution is -2.52. The van der Waals surface area contributed by atoms with Crippen molar-refractivity contribution in [1.29, 1.82) is 0 Å². The molecule has 0 bridgehead atoms. The Bertz CT molecular complexity index is 152. The van der Waals surface area contributed by atoms with Crippen molar-refractivity contribution >= 4 is 25.7 Å². The molecular formula is C6H20O4Si3. The van der Waals surface area contributed by atoms with Crippen molar-refractivity contribution in [3.8, 4) is 0 Å². The Morgan fingerprint density at radius 1 is 0.692 bits per heavy atom. The molecule has 0 spiro atoms. The lowest BCUT2D eigenvalue weighted by molar-refractivity contribution is 0.294. The van der Waals surface area contributed by atoms with Crippen LogP contribution in [0.3, 0.4) is 0 Å². The maximum absolute atomic E-state index is 9.56. The first-order valence-electron chi connectivity index (χ1n) is 4.26. The van der Waals surface area contributed by atoms with Crippen LogP contribution in [-0.2, 0) is 8.23 Å². The van der Waals surface area contributed by atoms with Crippen LogP contribution in [0.15, 0.2) is 0 Å². The molecule has 0 aromatic heterocycles. The van der Waals surface area contributed by atoms with E-state index in [0.717, 1.165) is 0 Å². The lowest BCUT2D eigenvalue weighted by atomic mass is 11.9. The Kier molecular flexibility index (Phi) is 4.08. The molecule has 4 nitrogen and oxygen atoms in total. The average Bonchev–Trinajstić information content (AvgIpc) is 1.43. The highest BCUT2D eigenvalue weighted by molar-refractivity contribution is 6.83. The number of hydrogen-bond acceptors (Lipinski definition) is 4. The van der Waals surface area contributed by atoms with Crippen LogP contribution in [0.4, 0.5) is 0 Å². The van der Waals surface area contributed by atoms with E-state index in [2.05, 4.69) is 0 Å². The number of rotatable bonds is 4. The third-order valence-corrected chi connectivity index (χ3v) is 8.92. The summed E-state index contributed by atoms with van der Waals surface area (Å²) in [7, 11) is -7.44. The van der Waals surface area contributed by atoms with Crippen LogP contribution in [0.25, 0.3) is 0 Å². The predicted octanol–water partition coefficient (Wildman–Crippen LogP) is 1.11. The lowest BCUT2D eigenvalue weighted by Gasteiger charge is -2.33. The van der Waals surface area contributed by atoms with E-state index in [0.29, 0.717) is 0 Å². The maximum atomic E-state index is 9.56. The summed E-state index contributed by atoms with van der Waals surface area (Å²) in [5.41, 5.74) is 0. The molecule has 0 aromatic rings. The van der Waals surface area contributed by atoms with E-state index < -0.39 is 25.7 Å². The van der Waals surface area contributed by atoms with Gasteiger partial charge in [0.15, 0.2) is 0 Å². The van der Waals surface area contributed by atoms with E-state index >= 15 is 0 Å². The van der Waals surface area contributed by atoms with Gasteiger partial charge in [0.2, 0.25) is 0 Å². The van der Waals surface area contributed by atoms with Gasteiger partial charge < -0.3 is 17.8 Å². The highest BCUT2D eigenvalue weighted by Gasteiger charge is 2.38. The van der Waals surface area contributed by atoms with Gasteiger partial charge in [0.1, 0.15) is 0 Å². The molecule has 0 atom stereocenters. The summed E-state index contributed by atoms with van der Waals surface area (Å²) in [4.78, 5) is 19.1. The summed E-state index contributed by atoms with van der Waals surface area (Å²) in [5, 5.41) is 0. The molecule has 0 aliphatic carbocycles. The van der Waals surface area contributed by atoms with Gasteiger partial charge in [-0.05, 0) is 39.3 Å². The minimum atomic E-state index is -2.54. The third-order valence-electron chi connectivity index (χ3n) is 0.991. The quantitative estimate of drug-likeness (QED) is 0.723. The zero-order chi connectivity index (χ0) is 10.9. The summed E-state index contributed by atoms with van der Waals surface area (Å²) >= 11 is 0. The van der Waals surface area contributed by atoms with Gasteiger partial charge in [-0.2, -0.15) is 0 Å². The summed E-state index contributed by atoms with van der Waals surface area (Å²) in [6.45, 7) is 10.4. The molecule has 0 aromatic carbocycles. The van der Waals surface area contributed by atoms with Gasteiger partial charge in [-0.3, -0.25) is 0 Å². The van der Waals surface area contributed by atoms with Crippen LogP contribution in [0.2, 0.25) is 39.3 Å². The largest absolute Gasteiger partial charge is 0.416 e. The van der Waals surface area contributed by atoms with Gasteiger partial charge >= 0.3 is 25.7 Å². The Hall–Kier alpha value is 0.491. The second-order valence-corrected chi connectivity index (χ2v) is 14.7. The van der Waals surface area contributed by atoms with Crippen molar-refractivity contribution in [2.45, 2.75) is 39.3 Å². The molecule has 0 aliphatic heterocycles. The van der Waals surface area contributed by atoms with Gasteiger partial charge in [0, 0.05) is 0 Å². The predicted molar refractivity (Wildman–Crippen MR) is 59.1 cm³/mol. The van der Waals surface area contributed by atoms with Crippen molar-refractivity contribution < 1.29 is 17.8 Å². The first kappa shape index (κ1) is 13.5. The SMILES string of the molecule is C[Si](C)(O)O[Si](C)(C)O[Si](C)(C)O. The summed E-state index contributed by atoms with van der Waals surface area (Å²) < 4.78 is 11.0. The van der Waals surface area contributed by atoms with Crippen molar-refractivity contribution in [3.63, 3.8) is 0 Å². The molecule has 0 radical (unpaired) electrons. The van der Waals surface area contributed by atoms with Crippen molar-refractivity contribution in [2.75, 3.05) is 0 Å². The first-order valence-corrected chi connectivity index (χ1v) is 12.8. The van der Waals surface area contributed by atoms with Crippen LogP contribution in [0.5, 0.6) is 0 Å². The topological polar surface area (TPSA) is 58.9 Å². The minimum absolute atomic E-state index is 1.69. The molecular weight excluding hydrogens is 220 g/mol. The molecule has 0 unspecified atom stereocenters.